The minimum Gasteiger partial charge on any atom is -0.370 e. The summed E-state index contributed by atoms with van der Waals surface area (Å²) in [5.41, 5.74) is 0.129. The van der Waals surface area contributed by atoms with Crippen molar-refractivity contribution in [1.29, 1.82) is 0 Å². The van der Waals surface area contributed by atoms with Gasteiger partial charge in [-0.15, -0.1) is 0 Å². The van der Waals surface area contributed by atoms with E-state index in [9.17, 15) is 9.59 Å². The molecule has 1 fully saturated rings. The van der Waals surface area contributed by atoms with Crippen LogP contribution in [-0.2, 0) is 17.4 Å². The Morgan fingerprint density at radius 3 is 2.76 bits per heavy atom. The van der Waals surface area contributed by atoms with Crippen LogP contribution in [0.2, 0.25) is 0 Å². The van der Waals surface area contributed by atoms with E-state index in [4.69, 9.17) is 0 Å². The number of aryl methyl sites for hydroxylation is 1. The Morgan fingerprint density at radius 1 is 1.36 bits per heavy atom. The fourth-order valence-electron chi connectivity index (χ4n) is 3.14. The van der Waals surface area contributed by atoms with E-state index in [2.05, 4.69) is 15.3 Å². The molecule has 7 heteroatoms. The van der Waals surface area contributed by atoms with Crippen LogP contribution in [0.1, 0.15) is 20.3 Å². The van der Waals surface area contributed by atoms with Crippen molar-refractivity contribution >= 4 is 11.6 Å². The summed E-state index contributed by atoms with van der Waals surface area (Å²) in [6.45, 7) is 6.15. The highest BCUT2D eigenvalue weighted by Gasteiger charge is 2.30. The predicted octanol–water partition coefficient (Wildman–Crippen LogP) is 0.960. The molecule has 1 amide bonds. The molecule has 1 atom stereocenters. The first-order chi connectivity index (χ1) is 11.9. The van der Waals surface area contributed by atoms with Gasteiger partial charge in [-0.3, -0.25) is 9.59 Å². The van der Waals surface area contributed by atoms with Crippen molar-refractivity contribution in [2.45, 2.75) is 25.8 Å². The van der Waals surface area contributed by atoms with Gasteiger partial charge in [0, 0.05) is 45.1 Å². The third kappa shape index (κ3) is 3.60. The molecule has 3 heterocycles. The summed E-state index contributed by atoms with van der Waals surface area (Å²) in [6, 6.07) is 5.45. The molecule has 2 aromatic rings. The lowest BCUT2D eigenvalue weighted by Crippen LogP contribution is -2.45. The quantitative estimate of drug-likeness (QED) is 0.878. The van der Waals surface area contributed by atoms with Crippen LogP contribution in [0.4, 0.5) is 5.69 Å². The first-order valence-corrected chi connectivity index (χ1v) is 8.58. The highest BCUT2D eigenvalue weighted by atomic mass is 16.2. The van der Waals surface area contributed by atoms with Crippen LogP contribution in [0.3, 0.4) is 0 Å². The number of hydrogen-bond donors (Lipinski definition) is 1. The van der Waals surface area contributed by atoms with E-state index in [1.54, 1.807) is 19.3 Å². The van der Waals surface area contributed by atoms with Gasteiger partial charge in [0.1, 0.15) is 5.54 Å². The fourth-order valence-corrected chi connectivity index (χ4v) is 3.14. The zero-order valence-electron chi connectivity index (χ0n) is 15.0. The number of nitrogens with one attached hydrogen (secondary N) is 1. The van der Waals surface area contributed by atoms with Crippen LogP contribution in [0, 0.1) is 5.92 Å². The second kappa shape index (κ2) is 6.74. The highest BCUT2D eigenvalue weighted by molar-refractivity contribution is 5.83. The molecule has 0 radical (unpaired) electrons. The number of carbonyl (C=O) groups excluding carboxylic acids is 1. The zero-order valence-corrected chi connectivity index (χ0v) is 15.0. The summed E-state index contributed by atoms with van der Waals surface area (Å²) < 4.78 is 3.23. The molecule has 1 aliphatic heterocycles. The first-order valence-electron chi connectivity index (χ1n) is 8.58. The Hall–Kier alpha value is -2.57. The number of rotatable bonds is 5. The Morgan fingerprint density at radius 2 is 2.08 bits per heavy atom. The van der Waals surface area contributed by atoms with Gasteiger partial charge in [-0.05, 0) is 38.3 Å². The standard InChI is InChI=1S/C18H25N5O2/c1-18(2,23-7-4-5-8-23)17(25)19-11-14-6-9-22(13-14)15-10-16(24)21(3)20-12-15/h4-5,7-8,10,12,14H,6,9,11,13H2,1-3H3,(H,19,25)/t14-/m1/s1. The van der Waals surface area contributed by atoms with E-state index < -0.39 is 5.54 Å². The maximum absolute atomic E-state index is 12.6. The van der Waals surface area contributed by atoms with Gasteiger partial charge in [0.25, 0.3) is 5.56 Å². The van der Waals surface area contributed by atoms with Crippen molar-refractivity contribution in [3.63, 3.8) is 0 Å². The van der Waals surface area contributed by atoms with Crippen LogP contribution >= 0.6 is 0 Å². The maximum atomic E-state index is 12.6. The summed E-state index contributed by atoms with van der Waals surface area (Å²) in [5, 5.41) is 7.15. The first kappa shape index (κ1) is 17.3. The number of nitrogens with zero attached hydrogens (tertiary/aromatic N) is 4. The average molecular weight is 343 g/mol. The second-order valence-electron chi connectivity index (χ2n) is 7.14. The van der Waals surface area contributed by atoms with Gasteiger partial charge in [0.2, 0.25) is 5.91 Å². The average Bonchev–Trinajstić information content (AvgIpc) is 3.27. The molecule has 3 rings (SSSR count). The van der Waals surface area contributed by atoms with Gasteiger partial charge in [-0.25, -0.2) is 4.68 Å². The lowest BCUT2D eigenvalue weighted by Gasteiger charge is -2.26. The van der Waals surface area contributed by atoms with Crippen molar-refractivity contribution in [2.75, 3.05) is 24.5 Å². The van der Waals surface area contributed by atoms with E-state index in [-0.39, 0.29) is 11.5 Å². The minimum absolute atomic E-state index is 0.0115. The van der Waals surface area contributed by atoms with Crippen molar-refractivity contribution in [1.82, 2.24) is 19.7 Å². The molecular weight excluding hydrogens is 318 g/mol. The number of amides is 1. The SMILES string of the molecule is Cn1ncc(N2CC[C@H](CNC(=O)C(C)(C)n3cccc3)C2)cc1=O. The van der Waals surface area contributed by atoms with Gasteiger partial charge in [-0.1, -0.05) is 0 Å². The number of carbonyl (C=O) groups is 1. The van der Waals surface area contributed by atoms with Crippen LogP contribution < -0.4 is 15.8 Å². The van der Waals surface area contributed by atoms with Gasteiger partial charge in [0.15, 0.2) is 0 Å². The lowest BCUT2D eigenvalue weighted by atomic mass is 10.0. The molecule has 0 aromatic carbocycles. The third-order valence-electron chi connectivity index (χ3n) is 4.96. The van der Waals surface area contributed by atoms with E-state index >= 15 is 0 Å². The molecule has 1 saturated heterocycles. The summed E-state index contributed by atoms with van der Waals surface area (Å²) in [5.74, 6) is 0.380. The van der Waals surface area contributed by atoms with Crippen LogP contribution in [0.25, 0.3) is 0 Å². The molecule has 7 nitrogen and oxygen atoms in total. The summed E-state index contributed by atoms with van der Waals surface area (Å²) >= 11 is 0. The molecule has 0 unspecified atom stereocenters. The lowest BCUT2D eigenvalue weighted by molar-refractivity contribution is -0.128. The van der Waals surface area contributed by atoms with Crippen molar-refractivity contribution in [3.05, 3.63) is 47.1 Å². The molecule has 0 bridgehead atoms. The Kier molecular flexibility index (Phi) is 4.65. The number of anilines is 1. The van der Waals surface area contributed by atoms with Crippen LogP contribution in [0.15, 0.2) is 41.6 Å². The number of aromatic nitrogens is 3. The van der Waals surface area contributed by atoms with Gasteiger partial charge in [-0.2, -0.15) is 5.10 Å². The normalized spacial score (nSPS) is 17.7. The summed E-state index contributed by atoms with van der Waals surface area (Å²) in [7, 11) is 1.64. The monoisotopic (exact) mass is 343 g/mol. The summed E-state index contributed by atoms with van der Waals surface area (Å²) in [6.07, 6.45) is 6.51. The smallest absolute Gasteiger partial charge is 0.268 e. The van der Waals surface area contributed by atoms with E-state index in [0.29, 0.717) is 12.5 Å². The molecule has 1 aliphatic rings. The largest absolute Gasteiger partial charge is 0.370 e. The molecule has 25 heavy (non-hydrogen) atoms. The molecule has 134 valence electrons. The van der Waals surface area contributed by atoms with Crippen molar-refractivity contribution in [3.8, 4) is 0 Å². The molecule has 0 spiro atoms. The van der Waals surface area contributed by atoms with Crippen molar-refractivity contribution in [2.24, 2.45) is 13.0 Å². The molecule has 0 saturated carbocycles. The predicted molar refractivity (Wildman–Crippen MR) is 96.6 cm³/mol. The maximum Gasteiger partial charge on any atom is 0.268 e. The zero-order chi connectivity index (χ0) is 18.0. The summed E-state index contributed by atoms with van der Waals surface area (Å²) in [4.78, 5) is 26.4. The topological polar surface area (TPSA) is 72.2 Å². The highest BCUT2D eigenvalue weighted by Crippen LogP contribution is 2.22. The third-order valence-corrected chi connectivity index (χ3v) is 4.96. The van der Waals surface area contributed by atoms with Gasteiger partial charge in [0.05, 0.1) is 11.9 Å². The van der Waals surface area contributed by atoms with Gasteiger partial charge >= 0.3 is 0 Å². The second-order valence-corrected chi connectivity index (χ2v) is 7.14. The van der Waals surface area contributed by atoms with E-state index in [1.165, 1.54) is 4.68 Å². The van der Waals surface area contributed by atoms with E-state index in [1.807, 2.05) is 42.9 Å². The Labute approximate surface area is 147 Å². The molecule has 1 N–H and O–H groups in total. The molecule has 2 aromatic heterocycles. The van der Waals surface area contributed by atoms with Crippen LogP contribution in [0.5, 0.6) is 0 Å². The number of hydrogen-bond acceptors (Lipinski definition) is 4. The van der Waals surface area contributed by atoms with Crippen molar-refractivity contribution < 1.29 is 4.79 Å². The van der Waals surface area contributed by atoms with Gasteiger partial charge < -0.3 is 14.8 Å². The molecule has 0 aliphatic carbocycles. The fraction of sp³-hybridized carbons (Fsp3) is 0.500. The minimum atomic E-state index is -0.614. The molecular formula is C18H25N5O2. The van der Waals surface area contributed by atoms with Crippen LogP contribution in [-0.4, -0.2) is 39.9 Å². The Bertz CT molecular complexity index is 794. The Balaban J connectivity index is 1.56. The van der Waals surface area contributed by atoms with E-state index in [0.717, 1.165) is 25.2 Å².